The summed E-state index contributed by atoms with van der Waals surface area (Å²) in [5, 5.41) is 0. The van der Waals surface area contributed by atoms with Gasteiger partial charge in [-0.1, -0.05) is 47.1 Å². The Morgan fingerprint density at radius 1 is 1.26 bits per heavy atom. The molecule has 1 aromatic rings. The van der Waals surface area contributed by atoms with Crippen LogP contribution >= 0.6 is 24.0 Å². The number of carbonyl (C=O) groups is 2. The van der Waals surface area contributed by atoms with E-state index < -0.39 is 0 Å². The van der Waals surface area contributed by atoms with Crippen molar-refractivity contribution in [3.63, 3.8) is 0 Å². The number of carbonyl (C=O) groups excluding carboxylic acids is 2. The van der Waals surface area contributed by atoms with Crippen LogP contribution < -0.4 is 0 Å². The molecule has 1 aliphatic rings. The minimum absolute atomic E-state index is 0.144. The summed E-state index contributed by atoms with van der Waals surface area (Å²) in [6, 6.07) is 0. The largest absolute Gasteiger partial charge is 0.274 e. The van der Waals surface area contributed by atoms with Crippen molar-refractivity contribution in [2.45, 2.75) is 53.4 Å². The first-order valence-electron chi connectivity index (χ1n) is 8.02. The van der Waals surface area contributed by atoms with Crippen LogP contribution in [0, 0.1) is 5.92 Å². The number of nitrogens with zero attached hydrogens (tertiary/aromatic N) is 1. The molecule has 126 valence electrons. The molecule has 0 aromatic carbocycles. The zero-order valence-electron chi connectivity index (χ0n) is 14.7. The normalized spacial score (nSPS) is 17.0. The van der Waals surface area contributed by atoms with E-state index in [-0.39, 0.29) is 17.2 Å². The molecule has 3 nitrogen and oxygen atoms in total. The average Bonchev–Trinajstić information content (AvgIpc) is 2.99. The smallest absolute Gasteiger partial charge is 0.263 e. The predicted octanol–water partition coefficient (Wildman–Crippen LogP) is 4.98. The molecule has 5 heteroatoms. The van der Waals surface area contributed by atoms with Gasteiger partial charge in [0, 0.05) is 16.3 Å². The summed E-state index contributed by atoms with van der Waals surface area (Å²) in [7, 11) is 0. The molecule has 2 amide bonds. The molecule has 0 saturated heterocycles. The second-order valence-corrected chi connectivity index (χ2v) is 8.67. The van der Waals surface area contributed by atoms with Gasteiger partial charge in [0.25, 0.3) is 11.8 Å². The summed E-state index contributed by atoms with van der Waals surface area (Å²) in [4.78, 5) is 29.8. The fraction of sp³-hybridized carbons (Fsp3) is 0.556. The first kappa shape index (κ1) is 18.3. The molecule has 0 saturated carbocycles. The van der Waals surface area contributed by atoms with Crippen molar-refractivity contribution in [1.29, 1.82) is 0 Å². The molecule has 0 aliphatic carbocycles. The number of hydrogen-bond donors (Lipinski definition) is 1. The van der Waals surface area contributed by atoms with Crippen LogP contribution in [-0.4, -0.2) is 23.3 Å². The van der Waals surface area contributed by atoms with Crippen LogP contribution in [-0.2, 0) is 5.41 Å². The van der Waals surface area contributed by atoms with Crippen LogP contribution in [0.1, 0.15) is 78.4 Å². The highest BCUT2D eigenvalue weighted by molar-refractivity contribution is 7.90. The van der Waals surface area contributed by atoms with Crippen LogP contribution in [0.4, 0.5) is 0 Å². The van der Waals surface area contributed by atoms with Gasteiger partial charge in [-0.15, -0.1) is 24.0 Å². The van der Waals surface area contributed by atoms with Crippen LogP contribution in [0.15, 0.2) is 6.08 Å². The first-order valence-corrected chi connectivity index (χ1v) is 9.28. The minimum atomic E-state index is -0.183. The number of thiol groups is 1. The van der Waals surface area contributed by atoms with E-state index in [2.05, 4.69) is 47.2 Å². The Morgan fingerprint density at radius 3 is 2.30 bits per heavy atom. The van der Waals surface area contributed by atoms with Crippen molar-refractivity contribution in [2.75, 3.05) is 6.54 Å². The summed E-state index contributed by atoms with van der Waals surface area (Å²) in [6.07, 6.45) is 2.81. The van der Waals surface area contributed by atoms with Gasteiger partial charge in [-0.25, -0.2) is 0 Å². The van der Waals surface area contributed by atoms with E-state index >= 15 is 0 Å². The van der Waals surface area contributed by atoms with Gasteiger partial charge in [0.1, 0.15) is 0 Å². The van der Waals surface area contributed by atoms with Gasteiger partial charge >= 0.3 is 0 Å². The zero-order chi connectivity index (χ0) is 17.5. The molecular weight excluding hydrogens is 326 g/mol. The van der Waals surface area contributed by atoms with Crippen LogP contribution in [0.25, 0.3) is 4.91 Å². The van der Waals surface area contributed by atoms with Crippen molar-refractivity contribution in [3.05, 3.63) is 27.0 Å². The molecule has 0 N–H and O–H groups in total. The Morgan fingerprint density at radius 2 is 1.83 bits per heavy atom. The lowest BCUT2D eigenvalue weighted by molar-refractivity contribution is 0.0630. The molecular formula is C18H25NO2S2. The summed E-state index contributed by atoms with van der Waals surface area (Å²) in [6.45, 7) is 12.7. The van der Waals surface area contributed by atoms with Crippen molar-refractivity contribution < 1.29 is 9.59 Å². The molecule has 0 fully saturated rings. The Kier molecular flexibility index (Phi) is 5.12. The maximum atomic E-state index is 12.9. The van der Waals surface area contributed by atoms with E-state index in [4.69, 9.17) is 0 Å². The maximum Gasteiger partial charge on any atom is 0.263 e. The van der Waals surface area contributed by atoms with Gasteiger partial charge in [-0.3, -0.25) is 14.5 Å². The number of fused-ring (bicyclic) bond motifs is 1. The Bertz CT molecular complexity index is 680. The Balaban J connectivity index is 2.62. The topological polar surface area (TPSA) is 37.4 Å². The summed E-state index contributed by atoms with van der Waals surface area (Å²) in [5.41, 5.74) is 0.965. The van der Waals surface area contributed by atoms with Gasteiger partial charge < -0.3 is 0 Å². The summed E-state index contributed by atoms with van der Waals surface area (Å²) >= 11 is 6.03. The number of thiophene rings is 1. The van der Waals surface area contributed by atoms with Crippen molar-refractivity contribution in [3.8, 4) is 0 Å². The second-order valence-electron chi connectivity index (χ2n) is 7.17. The highest BCUT2D eigenvalue weighted by Crippen LogP contribution is 2.45. The van der Waals surface area contributed by atoms with Gasteiger partial charge in [-0.05, 0) is 18.3 Å². The third kappa shape index (κ3) is 3.13. The molecule has 1 aliphatic heterocycles. The zero-order valence-corrected chi connectivity index (χ0v) is 16.4. The lowest BCUT2D eigenvalue weighted by Gasteiger charge is -2.21. The highest BCUT2D eigenvalue weighted by atomic mass is 32.1. The molecule has 2 heterocycles. The third-order valence-electron chi connectivity index (χ3n) is 4.20. The number of hydrogen-bond acceptors (Lipinski definition) is 4. The fourth-order valence-corrected chi connectivity index (χ4v) is 4.21. The van der Waals surface area contributed by atoms with Crippen LogP contribution in [0.5, 0.6) is 0 Å². The van der Waals surface area contributed by atoms with Crippen molar-refractivity contribution >= 4 is 40.7 Å². The van der Waals surface area contributed by atoms with Gasteiger partial charge in [0.15, 0.2) is 0 Å². The monoisotopic (exact) mass is 351 g/mol. The number of rotatable bonds is 4. The molecule has 1 aromatic heterocycles. The SMILES string of the molecule is C/C=C(\S)c1sc(C(C)(C)C)c2c1C(=O)N(CC(C)CC)C2=O. The van der Waals surface area contributed by atoms with Crippen LogP contribution in [0.2, 0.25) is 0 Å². The minimum Gasteiger partial charge on any atom is -0.274 e. The lowest BCUT2D eigenvalue weighted by Crippen LogP contribution is -2.34. The quantitative estimate of drug-likeness (QED) is 0.614. The van der Waals surface area contributed by atoms with Crippen molar-refractivity contribution in [1.82, 2.24) is 4.90 Å². The van der Waals surface area contributed by atoms with E-state index in [1.54, 1.807) is 0 Å². The van der Waals surface area contributed by atoms with Gasteiger partial charge in [-0.2, -0.15) is 0 Å². The van der Waals surface area contributed by atoms with E-state index in [9.17, 15) is 9.59 Å². The standard InChI is InChI=1S/C18H25NO2S2/c1-7-10(3)9-19-16(20)12-13(17(19)21)15(18(4,5)6)23-14(12)11(22)8-2/h8,10,22H,7,9H2,1-6H3/b11-8-. The molecule has 0 bridgehead atoms. The number of allylic oxidation sites excluding steroid dienone is 1. The lowest BCUT2D eigenvalue weighted by atomic mass is 9.90. The third-order valence-corrected chi connectivity index (χ3v) is 6.49. The maximum absolute atomic E-state index is 12.9. The average molecular weight is 352 g/mol. The Labute approximate surface area is 148 Å². The second kappa shape index (κ2) is 6.44. The predicted molar refractivity (Wildman–Crippen MR) is 100 cm³/mol. The highest BCUT2D eigenvalue weighted by Gasteiger charge is 2.44. The van der Waals surface area contributed by atoms with E-state index in [1.807, 2.05) is 13.0 Å². The summed E-state index contributed by atoms with van der Waals surface area (Å²) < 4.78 is 0. The molecule has 1 unspecified atom stereocenters. The van der Waals surface area contributed by atoms with Crippen LogP contribution in [0.3, 0.4) is 0 Å². The van der Waals surface area contributed by atoms with E-state index in [0.717, 1.165) is 21.1 Å². The van der Waals surface area contributed by atoms with E-state index in [1.165, 1.54) is 16.2 Å². The number of imide groups is 1. The molecule has 0 spiro atoms. The summed E-state index contributed by atoms with van der Waals surface area (Å²) in [5.74, 6) is -0.00952. The fourth-order valence-electron chi connectivity index (χ4n) is 2.65. The van der Waals surface area contributed by atoms with E-state index in [0.29, 0.717) is 23.6 Å². The van der Waals surface area contributed by atoms with Crippen molar-refractivity contribution in [2.24, 2.45) is 5.92 Å². The molecule has 23 heavy (non-hydrogen) atoms. The molecule has 1 atom stereocenters. The molecule has 0 radical (unpaired) electrons. The Hall–Kier alpha value is -1.07. The number of amides is 2. The first-order chi connectivity index (χ1) is 10.6. The molecule has 2 rings (SSSR count). The van der Waals surface area contributed by atoms with Gasteiger partial charge in [0.05, 0.1) is 16.0 Å². The van der Waals surface area contributed by atoms with Gasteiger partial charge in [0.2, 0.25) is 0 Å².